The Morgan fingerprint density at radius 1 is 1.12 bits per heavy atom. The molecule has 5 heteroatoms. The molecule has 2 heterocycles. The van der Waals surface area contributed by atoms with Gasteiger partial charge in [-0.2, -0.15) is 0 Å². The molecule has 0 radical (unpaired) electrons. The number of hydrogen-bond donors (Lipinski definition) is 0. The van der Waals surface area contributed by atoms with E-state index in [1.807, 2.05) is 12.1 Å². The summed E-state index contributed by atoms with van der Waals surface area (Å²) in [7, 11) is 0. The second-order valence-electron chi connectivity index (χ2n) is 6.46. The highest BCUT2D eigenvalue weighted by atomic mass is 16.6. The van der Waals surface area contributed by atoms with Crippen molar-refractivity contribution in [2.45, 2.75) is 45.7 Å². The van der Waals surface area contributed by atoms with Crippen LogP contribution in [0.4, 0.5) is 0 Å². The van der Waals surface area contributed by atoms with Gasteiger partial charge < -0.3 is 9.47 Å². The summed E-state index contributed by atoms with van der Waals surface area (Å²) in [4.78, 5) is 27.8. The molecule has 0 amide bonds. The number of carbonyl (C=O) groups is 2. The Labute approximate surface area is 142 Å². The second-order valence-corrected chi connectivity index (χ2v) is 6.46. The Bertz CT molecular complexity index is 610. The topological polar surface area (TPSA) is 55.8 Å². The molecule has 0 aromatic heterocycles. The van der Waals surface area contributed by atoms with E-state index in [1.165, 1.54) is 11.1 Å². The predicted octanol–water partition coefficient (Wildman–Crippen LogP) is 2.32. The molecule has 2 aliphatic rings. The average Bonchev–Trinajstić information content (AvgIpc) is 2.83. The van der Waals surface area contributed by atoms with E-state index in [4.69, 9.17) is 9.47 Å². The standard InChI is InChI=1S/C19H25NO4/c1-3-23-17(21)19(18(22)24-4-2)11-12-20-13-15-8-6-5-7-14(15)9-10-16(19)20/h5-8,16H,3-4,9-13H2,1-2H3. The van der Waals surface area contributed by atoms with E-state index in [-0.39, 0.29) is 19.3 Å². The van der Waals surface area contributed by atoms with Gasteiger partial charge in [-0.05, 0) is 44.2 Å². The maximum atomic E-state index is 12.8. The largest absolute Gasteiger partial charge is 0.465 e. The van der Waals surface area contributed by atoms with Crippen molar-refractivity contribution in [2.75, 3.05) is 19.8 Å². The van der Waals surface area contributed by atoms with Crippen molar-refractivity contribution in [3.8, 4) is 0 Å². The molecule has 0 N–H and O–H groups in total. The molecule has 5 nitrogen and oxygen atoms in total. The highest BCUT2D eigenvalue weighted by Gasteiger charge is 2.60. The Morgan fingerprint density at radius 3 is 2.38 bits per heavy atom. The number of nitrogens with zero attached hydrogens (tertiary/aromatic N) is 1. The van der Waals surface area contributed by atoms with Crippen LogP contribution in [0.5, 0.6) is 0 Å². The van der Waals surface area contributed by atoms with E-state index in [9.17, 15) is 9.59 Å². The maximum Gasteiger partial charge on any atom is 0.325 e. The van der Waals surface area contributed by atoms with Crippen LogP contribution in [0.25, 0.3) is 0 Å². The maximum absolute atomic E-state index is 12.8. The van der Waals surface area contributed by atoms with E-state index in [2.05, 4.69) is 17.0 Å². The van der Waals surface area contributed by atoms with Crippen molar-refractivity contribution in [3.63, 3.8) is 0 Å². The molecule has 130 valence electrons. The number of ether oxygens (including phenoxy) is 2. The third-order valence-electron chi connectivity index (χ3n) is 5.26. The number of hydrogen-bond acceptors (Lipinski definition) is 5. The molecule has 3 rings (SSSR count). The predicted molar refractivity (Wildman–Crippen MR) is 89.3 cm³/mol. The van der Waals surface area contributed by atoms with Crippen LogP contribution in [0.1, 0.15) is 37.8 Å². The number of aryl methyl sites for hydroxylation is 1. The van der Waals surface area contributed by atoms with Crippen LogP contribution in [0.2, 0.25) is 0 Å². The summed E-state index contributed by atoms with van der Waals surface area (Å²) >= 11 is 0. The van der Waals surface area contributed by atoms with Gasteiger partial charge in [0.25, 0.3) is 0 Å². The first-order valence-corrected chi connectivity index (χ1v) is 8.78. The van der Waals surface area contributed by atoms with E-state index in [1.54, 1.807) is 13.8 Å². The molecule has 0 bridgehead atoms. The zero-order chi connectivity index (χ0) is 17.2. The number of benzene rings is 1. The minimum absolute atomic E-state index is 0.164. The third-order valence-corrected chi connectivity index (χ3v) is 5.26. The SMILES string of the molecule is CCOC(=O)C1(C(=O)OCC)CCN2Cc3ccccc3CCC21. The quantitative estimate of drug-likeness (QED) is 0.626. The van der Waals surface area contributed by atoms with Gasteiger partial charge in [-0.15, -0.1) is 0 Å². The molecule has 1 fully saturated rings. The van der Waals surface area contributed by atoms with Gasteiger partial charge in [0, 0.05) is 19.1 Å². The van der Waals surface area contributed by atoms with E-state index >= 15 is 0 Å². The first kappa shape index (κ1) is 17.0. The lowest BCUT2D eigenvalue weighted by Gasteiger charge is -2.33. The summed E-state index contributed by atoms with van der Waals surface area (Å²) < 4.78 is 10.6. The zero-order valence-electron chi connectivity index (χ0n) is 14.4. The molecule has 1 aromatic rings. The van der Waals surface area contributed by atoms with Crippen LogP contribution >= 0.6 is 0 Å². The summed E-state index contributed by atoms with van der Waals surface area (Å²) in [6, 6.07) is 8.18. The summed E-state index contributed by atoms with van der Waals surface area (Å²) in [5.74, 6) is -0.858. The lowest BCUT2D eigenvalue weighted by molar-refractivity contribution is -0.174. The van der Waals surface area contributed by atoms with Crippen LogP contribution in [-0.4, -0.2) is 42.6 Å². The zero-order valence-corrected chi connectivity index (χ0v) is 14.4. The molecule has 0 aliphatic carbocycles. The van der Waals surface area contributed by atoms with Crippen LogP contribution in [-0.2, 0) is 32.0 Å². The number of carbonyl (C=O) groups excluding carboxylic acids is 2. The molecule has 1 saturated heterocycles. The average molecular weight is 331 g/mol. The van der Waals surface area contributed by atoms with Gasteiger partial charge in [0.2, 0.25) is 0 Å². The monoisotopic (exact) mass is 331 g/mol. The molecule has 0 spiro atoms. The van der Waals surface area contributed by atoms with Gasteiger partial charge in [-0.1, -0.05) is 24.3 Å². The molecule has 0 saturated carbocycles. The summed E-state index contributed by atoms with van der Waals surface area (Å²) in [5, 5.41) is 0. The minimum atomic E-state index is -1.19. The molecule has 1 atom stereocenters. The number of rotatable bonds is 4. The fourth-order valence-electron chi connectivity index (χ4n) is 4.12. The van der Waals surface area contributed by atoms with Crippen LogP contribution in [0.3, 0.4) is 0 Å². The Kier molecular flexibility index (Phi) is 4.90. The third kappa shape index (κ3) is 2.71. The first-order chi connectivity index (χ1) is 11.6. The Hall–Kier alpha value is -1.88. The normalized spacial score (nSPS) is 22.2. The highest BCUT2D eigenvalue weighted by Crippen LogP contribution is 2.44. The van der Waals surface area contributed by atoms with Crippen molar-refractivity contribution >= 4 is 11.9 Å². The van der Waals surface area contributed by atoms with Crippen molar-refractivity contribution < 1.29 is 19.1 Å². The highest BCUT2D eigenvalue weighted by molar-refractivity contribution is 6.01. The van der Waals surface area contributed by atoms with Gasteiger partial charge in [0.1, 0.15) is 0 Å². The van der Waals surface area contributed by atoms with Crippen molar-refractivity contribution in [1.29, 1.82) is 0 Å². The fraction of sp³-hybridized carbons (Fsp3) is 0.579. The van der Waals surface area contributed by atoms with Crippen molar-refractivity contribution in [1.82, 2.24) is 4.90 Å². The fourth-order valence-corrected chi connectivity index (χ4v) is 4.12. The Morgan fingerprint density at radius 2 is 1.75 bits per heavy atom. The number of esters is 2. The smallest absolute Gasteiger partial charge is 0.325 e. The minimum Gasteiger partial charge on any atom is -0.465 e. The van der Waals surface area contributed by atoms with Gasteiger partial charge in [0.15, 0.2) is 5.41 Å². The molecule has 24 heavy (non-hydrogen) atoms. The van der Waals surface area contributed by atoms with Gasteiger partial charge in [0.05, 0.1) is 13.2 Å². The molecule has 1 unspecified atom stereocenters. The summed E-state index contributed by atoms with van der Waals surface area (Å²) in [6.45, 7) is 5.55. The molecular formula is C19H25NO4. The van der Waals surface area contributed by atoms with E-state index in [0.29, 0.717) is 13.0 Å². The first-order valence-electron chi connectivity index (χ1n) is 8.78. The summed E-state index contributed by atoms with van der Waals surface area (Å²) in [5.41, 5.74) is 1.39. The molecular weight excluding hydrogens is 306 g/mol. The number of fused-ring (bicyclic) bond motifs is 2. The van der Waals surface area contributed by atoms with E-state index < -0.39 is 17.4 Å². The molecule has 1 aromatic carbocycles. The molecule has 2 aliphatic heterocycles. The second kappa shape index (κ2) is 6.93. The lowest BCUT2D eigenvalue weighted by Crippen LogP contribution is -2.51. The van der Waals surface area contributed by atoms with Gasteiger partial charge >= 0.3 is 11.9 Å². The van der Waals surface area contributed by atoms with E-state index in [0.717, 1.165) is 19.4 Å². The van der Waals surface area contributed by atoms with Gasteiger partial charge in [-0.3, -0.25) is 14.5 Å². The lowest BCUT2D eigenvalue weighted by atomic mass is 9.78. The van der Waals surface area contributed by atoms with Crippen LogP contribution < -0.4 is 0 Å². The Balaban J connectivity index is 1.94. The van der Waals surface area contributed by atoms with Crippen LogP contribution in [0, 0.1) is 5.41 Å². The van der Waals surface area contributed by atoms with Crippen molar-refractivity contribution in [3.05, 3.63) is 35.4 Å². The van der Waals surface area contributed by atoms with Crippen molar-refractivity contribution in [2.24, 2.45) is 5.41 Å². The van der Waals surface area contributed by atoms with Crippen LogP contribution in [0.15, 0.2) is 24.3 Å². The van der Waals surface area contributed by atoms with Gasteiger partial charge in [-0.25, -0.2) is 0 Å². The summed E-state index contributed by atoms with van der Waals surface area (Å²) in [6.07, 6.45) is 2.09.